The van der Waals surface area contributed by atoms with Gasteiger partial charge in [0.1, 0.15) is 49.2 Å². The number of piperazine rings is 3. The molecule has 272 valence electrons. The van der Waals surface area contributed by atoms with Crippen molar-refractivity contribution in [2.24, 2.45) is 0 Å². The summed E-state index contributed by atoms with van der Waals surface area (Å²) in [5.74, 6) is 2.57. The first-order valence-corrected chi connectivity index (χ1v) is 19.4. The molecule has 14 heteroatoms. The highest BCUT2D eigenvalue weighted by Gasteiger charge is 2.47. The van der Waals surface area contributed by atoms with Gasteiger partial charge in [0.25, 0.3) is 0 Å². The number of hydrogen-bond donors (Lipinski definition) is 0. The topological polar surface area (TPSA) is 144 Å². The van der Waals surface area contributed by atoms with Crippen molar-refractivity contribution in [2.45, 2.75) is 103 Å². The number of aryl methyl sites for hydroxylation is 2. The average molecular weight is 693 g/mol. The molecule has 0 aromatic carbocycles. The largest absolute Gasteiger partial charge is 0.339 e. The zero-order chi connectivity index (χ0) is 34.9. The molecule has 3 saturated heterocycles. The van der Waals surface area contributed by atoms with Crippen LogP contribution in [0.1, 0.15) is 112 Å². The van der Waals surface area contributed by atoms with Gasteiger partial charge in [-0.3, -0.25) is 20.2 Å². The number of hydrogen-bond acceptors (Lipinski definition) is 10. The van der Waals surface area contributed by atoms with Crippen LogP contribution in [0, 0.1) is 34.1 Å². The molecule has 0 unspecified atom stereocenters. The van der Waals surface area contributed by atoms with Crippen LogP contribution in [-0.2, 0) is 0 Å². The predicted octanol–water partition coefficient (Wildman–Crippen LogP) is 5.56. The maximum Gasteiger partial charge on any atom is 0.333 e. The minimum Gasteiger partial charge on any atom is -0.339 e. The van der Waals surface area contributed by atoms with Crippen molar-refractivity contribution in [3.05, 3.63) is 43.3 Å². The summed E-state index contributed by atoms with van der Waals surface area (Å²) < 4.78 is 2.10. The van der Waals surface area contributed by atoms with E-state index in [0.717, 1.165) is 139 Å². The monoisotopic (exact) mass is 692 g/mol. The molecule has 5 fully saturated rings. The molecule has 2 saturated carbocycles. The second kappa shape index (κ2) is 14.6. The van der Waals surface area contributed by atoms with Crippen molar-refractivity contribution in [2.75, 3.05) is 88.3 Å². The molecule has 50 heavy (non-hydrogen) atoms. The summed E-state index contributed by atoms with van der Waals surface area (Å²) in [6.45, 7) is 15.0. The summed E-state index contributed by atoms with van der Waals surface area (Å²) >= 11 is 0. The van der Waals surface area contributed by atoms with E-state index in [4.69, 9.17) is 9.97 Å². The molecular weight excluding hydrogens is 636 g/mol. The lowest BCUT2D eigenvalue weighted by Crippen LogP contribution is -2.73. The molecule has 0 amide bonds. The van der Waals surface area contributed by atoms with Gasteiger partial charge in [-0.2, -0.15) is 0 Å². The molecule has 5 heterocycles. The summed E-state index contributed by atoms with van der Waals surface area (Å²) in [5, 5.41) is 25.0. The molecule has 0 atom stereocenters. The van der Waals surface area contributed by atoms with Crippen LogP contribution in [0.15, 0.2) is 0 Å². The molecule has 0 radical (unpaired) electrons. The first-order chi connectivity index (χ1) is 24.2. The minimum absolute atomic E-state index is 0.136. The summed E-state index contributed by atoms with van der Waals surface area (Å²) in [6.07, 6.45) is 13.0. The van der Waals surface area contributed by atoms with E-state index in [1.165, 1.54) is 25.7 Å². The lowest BCUT2D eigenvalue weighted by molar-refractivity contribution is -1.03. The lowest BCUT2D eigenvalue weighted by atomic mass is 9.94. The molecule has 2 aromatic heterocycles. The van der Waals surface area contributed by atoms with Crippen LogP contribution in [0.4, 0.5) is 23.0 Å². The highest BCUT2D eigenvalue weighted by molar-refractivity contribution is 5.62. The van der Waals surface area contributed by atoms with E-state index in [1.54, 1.807) is 0 Å². The first kappa shape index (κ1) is 34.9. The van der Waals surface area contributed by atoms with Gasteiger partial charge in [-0.05, 0) is 39.5 Å². The van der Waals surface area contributed by atoms with E-state index >= 15 is 0 Å². The highest BCUT2D eigenvalue weighted by Crippen LogP contribution is 2.42. The Hall–Kier alpha value is -3.52. The summed E-state index contributed by atoms with van der Waals surface area (Å²) in [6, 6.07) is 0. The van der Waals surface area contributed by atoms with Crippen LogP contribution in [0.25, 0.3) is 0 Å². The van der Waals surface area contributed by atoms with Crippen LogP contribution < -0.4 is 9.80 Å². The number of aromatic nitrogens is 4. The maximum absolute atomic E-state index is 12.5. The summed E-state index contributed by atoms with van der Waals surface area (Å²) in [7, 11) is 0. The van der Waals surface area contributed by atoms with E-state index < -0.39 is 0 Å². The van der Waals surface area contributed by atoms with Crippen molar-refractivity contribution < 1.29 is 18.8 Å². The van der Waals surface area contributed by atoms with Gasteiger partial charge < -0.3 is 18.8 Å². The normalized spacial score (nSPS) is 23.5. The van der Waals surface area contributed by atoms with Gasteiger partial charge in [0, 0.05) is 11.8 Å². The molecule has 7 rings (SSSR count). The number of nitro groups is 2. The molecule has 0 N–H and O–H groups in total. The van der Waals surface area contributed by atoms with Crippen molar-refractivity contribution in [1.29, 1.82) is 0 Å². The third kappa shape index (κ3) is 7.15. The fourth-order valence-electron chi connectivity index (χ4n) is 9.78. The highest BCUT2D eigenvalue weighted by atomic mass is 16.6. The number of nitrogens with zero attached hydrogens (tertiary/aromatic N) is 10. The average Bonchev–Trinajstić information content (AvgIpc) is 3.56. The first-order valence-electron chi connectivity index (χ1n) is 19.4. The van der Waals surface area contributed by atoms with Gasteiger partial charge in [0.15, 0.2) is 0 Å². The molecule has 2 spiro atoms. The second-order valence-corrected chi connectivity index (χ2v) is 16.0. The Morgan fingerprint density at radius 3 is 1.14 bits per heavy atom. The second-order valence-electron chi connectivity index (χ2n) is 16.0. The Morgan fingerprint density at radius 1 is 0.520 bits per heavy atom. The number of rotatable bonds is 6. The van der Waals surface area contributed by atoms with E-state index in [0.29, 0.717) is 34.7 Å². The quantitative estimate of drug-likeness (QED) is 0.163. The Labute approximate surface area is 295 Å². The minimum atomic E-state index is -0.224. The smallest absolute Gasteiger partial charge is 0.333 e. The molecule has 14 nitrogen and oxygen atoms in total. The van der Waals surface area contributed by atoms with Crippen molar-refractivity contribution in [3.63, 3.8) is 0 Å². The Balaban J connectivity index is 1.00. The van der Waals surface area contributed by atoms with Gasteiger partial charge in [0.2, 0.25) is 11.6 Å². The van der Waals surface area contributed by atoms with Crippen LogP contribution in [0.2, 0.25) is 0 Å². The molecule has 5 aliphatic rings. The van der Waals surface area contributed by atoms with Crippen LogP contribution in [-0.4, -0.2) is 117 Å². The van der Waals surface area contributed by atoms with Gasteiger partial charge in [-0.15, -0.1) is 0 Å². The Morgan fingerprint density at radius 2 is 0.840 bits per heavy atom. The zero-order valence-electron chi connectivity index (χ0n) is 30.2. The fourth-order valence-corrected chi connectivity index (χ4v) is 9.78. The van der Waals surface area contributed by atoms with Crippen molar-refractivity contribution >= 4 is 23.0 Å². The Bertz CT molecular complexity index is 1430. The van der Waals surface area contributed by atoms with Gasteiger partial charge in [-0.25, -0.2) is 19.9 Å². The summed E-state index contributed by atoms with van der Waals surface area (Å²) in [4.78, 5) is 47.7. The third-order valence-electron chi connectivity index (χ3n) is 12.9. The molecule has 2 aliphatic carbocycles. The molecular formula is C36H56N10O4+2. The van der Waals surface area contributed by atoms with E-state index in [-0.39, 0.29) is 33.1 Å². The zero-order valence-corrected chi connectivity index (χ0v) is 30.2. The number of quaternary nitrogens is 2. The Kier molecular flexibility index (Phi) is 10.2. The molecule has 0 bridgehead atoms. The van der Waals surface area contributed by atoms with E-state index in [2.05, 4.69) is 19.8 Å². The SMILES string of the molecule is Cc1nc(C2CCCCCC2)c([N+](=O)[O-])c(N2CC[N+]3(CC2)CC[N+]2(CCN(c4nc(C)nc(C5CCCCCC5)c4[N+](=O)[O-])CC2)CC3)n1. The lowest BCUT2D eigenvalue weighted by Gasteiger charge is -2.54. The van der Waals surface area contributed by atoms with Crippen molar-refractivity contribution in [1.82, 2.24) is 19.9 Å². The van der Waals surface area contributed by atoms with Crippen LogP contribution >= 0.6 is 0 Å². The van der Waals surface area contributed by atoms with Gasteiger partial charge in [0.05, 0.1) is 62.2 Å². The number of anilines is 2. The standard InChI is InChI=1S/C36H56N10O4/c1-27-37-31(29-11-7-3-4-8-12-29)33(43(47)48)35(39-27)41-15-19-45(20-16-41)23-25-46(26-24-45)21-17-42(18-22-46)36-34(44(49)50)32(38-28(2)40-36)30-13-9-5-6-10-14-30/h29-30H,3-26H2,1-2H3/q+2. The molecule has 3 aliphatic heterocycles. The third-order valence-corrected chi connectivity index (χ3v) is 12.9. The predicted molar refractivity (Wildman–Crippen MR) is 192 cm³/mol. The molecule has 2 aromatic rings. The fraction of sp³-hybridized carbons (Fsp3) is 0.778. The van der Waals surface area contributed by atoms with E-state index in [9.17, 15) is 20.2 Å². The van der Waals surface area contributed by atoms with Crippen molar-refractivity contribution in [3.8, 4) is 0 Å². The van der Waals surface area contributed by atoms with Gasteiger partial charge >= 0.3 is 11.4 Å². The van der Waals surface area contributed by atoms with Crippen LogP contribution in [0.3, 0.4) is 0 Å². The summed E-state index contributed by atoms with van der Waals surface area (Å²) in [5.41, 5.74) is 1.58. The maximum atomic E-state index is 12.5. The van der Waals surface area contributed by atoms with E-state index in [1.807, 2.05) is 13.8 Å². The van der Waals surface area contributed by atoms with Gasteiger partial charge in [-0.1, -0.05) is 51.4 Å². The van der Waals surface area contributed by atoms with Crippen LogP contribution in [0.5, 0.6) is 0 Å².